The number of nitrogens with one attached hydrogen (secondary N) is 2. The van der Waals surface area contributed by atoms with Crippen LogP contribution in [0.15, 0.2) is 35.7 Å². The fourth-order valence-corrected chi connectivity index (χ4v) is 4.73. The highest BCUT2D eigenvalue weighted by Crippen LogP contribution is 2.42. The molecule has 1 aliphatic heterocycles. The van der Waals surface area contributed by atoms with Crippen molar-refractivity contribution < 1.29 is 19.1 Å². The molecule has 0 saturated carbocycles. The zero-order valence-corrected chi connectivity index (χ0v) is 15.6. The minimum atomic E-state index is -1.03. The van der Waals surface area contributed by atoms with Gasteiger partial charge in [0, 0.05) is 22.2 Å². The molecule has 7 nitrogen and oxygen atoms in total. The van der Waals surface area contributed by atoms with Crippen molar-refractivity contribution in [3.8, 4) is 5.75 Å². The molecule has 2 heterocycles. The Morgan fingerprint density at radius 2 is 2.22 bits per heavy atom. The first kappa shape index (κ1) is 17.5. The van der Waals surface area contributed by atoms with E-state index in [2.05, 4.69) is 10.6 Å². The van der Waals surface area contributed by atoms with Gasteiger partial charge >= 0.3 is 6.03 Å². The topological polar surface area (TPSA) is 87.7 Å². The number of aryl methyl sites for hydroxylation is 1. The third-order valence-corrected chi connectivity index (χ3v) is 5.97. The summed E-state index contributed by atoms with van der Waals surface area (Å²) in [6, 6.07) is 8.27. The molecule has 4 rings (SSSR count). The van der Waals surface area contributed by atoms with Crippen molar-refractivity contribution >= 4 is 34.9 Å². The normalized spacial score (nSPS) is 21.1. The van der Waals surface area contributed by atoms with Crippen LogP contribution in [0.2, 0.25) is 0 Å². The average Bonchev–Trinajstić information content (AvgIpc) is 3.23. The number of imide groups is 1. The van der Waals surface area contributed by atoms with E-state index in [-0.39, 0.29) is 12.5 Å². The van der Waals surface area contributed by atoms with Crippen LogP contribution in [0.4, 0.5) is 10.5 Å². The number of fused-ring (bicyclic) bond motifs is 2. The van der Waals surface area contributed by atoms with E-state index in [4.69, 9.17) is 4.74 Å². The molecule has 140 valence electrons. The molecule has 4 amide bonds. The highest BCUT2D eigenvalue weighted by Gasteiger charge is 2.54. The molecule has 0 bridgehead atoms. The van der Waals surface area contributed by atoms with Crippen LogP contribution in [0, 0.1) is 0 Å². The van der Waals surface area contributed by atoms with Gasteiger partial charge < -0.3 is 15.4 Å². The SMILES string of the molecule is COc1cccc(NC(=O)CN2C(=O)N[C@]3(CCCc4sccc43)C2=O)c1. The zero-order valence-electron chi connectivity index (χ0n) is 14.8. The predicted molar refractivity (Wildman–Crippen MR) is 101 cm³/mol. The van der Waals surface area contributed by atoms with E-state index in [1.807, 2.05) is 11.4 Å². The molecule has 1 aromatic heterocycles. The molecule has 27 heavy (non-hydrogen) atoms. The predicted octanol–water partition coefficient (Wildman–Crippen LogP) is 2.48. The lowest BCUT2D eigenvalue weighted by Gasteiger charge is -2.31. The van der Waals surface area contributed by atoms with Crippen LogP contribution in [0.25, 0.3) is 0 Å². The smallest absolute Gasteiger partial charge is 0.325 e. The van der Waals surface area contributed by atoms with Crippen LogP contribution < -0.4 is 15.4 Å². The standard InChI is InChI=1S/C19H19N3O4S/c1-26-13-5-2-4-12(10-13)20-16(23)11-22-17(24)19(21-18(22)25)8-3-6-15-14(19)7-9-27-15/h2,4-5,7,9-10H,3,6,8,11H2,1H3,(H,20,23)(H,21,25)/t19-/m0/s1. The number of urea groups is 1. The molecular weight excluding hydrogens is 366 g/mol. The fourth-order valence-electron chi connectivity index (χ4n) is 3.73. The summed E-state index contributed by atoms with van der Waals surface area (Å²) in [7, 11) is 1.54. The monoisotopic (exact) mass is 385 g/mol. The van der Waals surface area contributed by atoms with Gasteiger partial charge in [-0.05, 0) is 42.8 Å². The van der Waals surface area contributed by atoms with Crippen LogP contribution in [0.1, 0.15) is 23.3 Å². The molecule has 0 unspecified atom stereocenters. The third-order valence-electron chi connectivity index (χ3n) is 4.99. The summed E-state index contributed by atoms with van der Waals surface area (Å²) >= 11 is 1.60. The summed E-state index contributed by atoms with van der Waals surface area (Å²) in [4.78, 5) is 40.1. The molecule has 0 radical (unpaired) electrons. The molecule has 2 aliphatic rings. The van der Waals surface area contributed by atoms with E-state index >= 15 is 0 Å². The Morgan fingerprint density at radius 1 is 1.37 bits per heavy atom. The minimum absolute atomic E-state index is 0.330. The number of nitrogens with zero attached hydrogens (tertiary/aromatic N) is 1. The Kier molecular flexibility index (Phi) is 4.35. The van der Waals surface area contributed by atoms with Crippen molar-refractivity contribution in [2.75, 3.05) is 19.0 Å². The largest absolute Gasteiger partial charge is 0.497 e. The van der Waals surface area contributed by atoms with Gasteiger partial charge in [0.15, 0.2) is 0 Å². The van der Waals surface area contributed by atoms with Crippen LogP contribution in [-0.4, -0.2) is 36.4 Å². The summed E-state index contributed by atoms with van der Waals surface area (Å²) in [5.41, 5.74) is 0.382. The first-order chi connectivity index (χ1) is 13.0. The van der Waals surface area contributed by atoms with Crippen molar-refractivity contribution in [1.82, 2.24) is 10.2 Å². The number of ether oxygens (including phenoxy) is 1. The third kappa shape index (κ3) is 2.95. The van der Waals surface area contributed by atoms with E-state index in [0.717, 1.165) is 28.2 Å². The molecular formula is C19H19N3O4S. The number of hydrogen-bond donors (Lipinski definition) is 2. The highest BCUT2D eigenvalue weighted by molar-refractivity contribution is 7.10. The van der Waals surface area contributed by atoms with Crippen LogP contribution in [0.3, 0.4) is 0 Å². The Balaban J connectivity index is 1.51. The molecule has 8 heteroatoms. The van der Waals surface area contributed by atoms with Gasteiger partial charge in [-0.15, -0.1) is 11.3 Å². The van der Waals surface area contributed by atoms with Crippen LogP contribution in [-0.2, 0) is 21.5 Å². The molecule has 1 spiro atoms. The zero-order chi connectivity index (χ0) is 19.0. The lowest BCUT2D eigenvalue weighted by Crippen LogP contribution is -2.46. The summed E-state index contributed by atoms with van der Waals surface area (Å²) in [6.45, 7) is -0.330. The van der Waals surface area contributed by atoms with Gasteiger partial charge in [0.1, 0.15) is 17.8 Å². The number of benzene rings is 1. The molecule has 1 fully saturated rings. The second-order valence-electron chi connectivity index (χ2n) is 6.62. The van der Waals surface area contributed by atoms with E-state index in [0.29, 0.717) is 17.9 Å². The van der Waals surface area contributed by atoms with Gasteiger partial charge in [-0.1, -0.05) is 6.07 Å². The number of carbonyl (C=O) groups excluding carboxylic acids is 3. The average molecular weight is 385 g/mol. The molecule has 1 saturated heterocycles. The first-order valence-electron chi connectivity index (χ1n) is 8.68. The van der Waals surface area contributed by atoms with Crippen molar-refractivity contribution in [3.05, 3.63) is 46.2 Å². The number of carbonyl (C=O) groups is 3. The minimum Gasteiger partial charge on any atom is -0.497 e. The Morgan fingerprint density at radius 3 is 3.04 bits per heavy atom. The van der Waals surface area contributed by atoms with Gasteiger partial charge in [-0.3, -0.25) is 14.5 Å². The van der Waals surface area contributed by atoms with Gasteiger partial charge in [-0.2, -0.15) is 0 Å². The highest BCUT2D eigenvalue weighted by atomic mass is 32.1. The quantitative estimate of drug-likeness (QED) is 0.792. The summed E-state index contributed by atoms with van der Waals surface area (Å²) in [5.74, 6) is -0.188. The maximum absolute atomic E-state index is 13.1. The van der Waals surface area contributed by atoms with Gasteiger partial charge in [0.05, 0.1) is 7.11 Å². The number of hydrogen-bond acceptors (Lipinski definition) is 5. The Bertz CT molecular complexity index is 925. The van der Waals surface area contributed by atoms with E-state index < -0.39 is 17.5 Å². The van der Waals surface area contributed by atoms with E-state index in [1.165, 1.54) is 7.11 Å². The van der Waals surface area contributed by atoms with Gasteiger partial charge in [0.2, 0.25) is 5.91 Å². The lowest BCUT2D eigenvalue weighted by atomic mass is 9.80. The molecule has 1 aromatic carbocycles. The van der Waals surface area contributed by atoms with Crippen molar-refractivity contribution in [3.63, 3.8) is 0 Å². The van der Waals surface area contributed by atoms with Crippen LogP contribution in [0.5, 0.6) is 5.75 Å². The Labute approximate surface area is 160 Å². The summed E-state index contributed by atoms with van der Waals surface area (Å²) in [6.07, 6.45) is 2.28. The number of anilines is 1. The second kappa shape index (κ2) is 6.70. The first-order valence-corrected chi connectivity index (χ1v) is 9.56. The summed E-state index contributed by atoms with van der Waals surface area (Å²) < 4.78 is 5.13. The second-order valence-corrected chi connectivity index (χ2v) is 7.62. The van der Waals surface area contributed by atoms with Gasteiger partial charge in [-0.25, -0.2) is 4.79 Å². The van der Waals surface area contributed by atoms with Crippen molar-refractivity contribution in [2.45, 2.75) is 24.8 Å². The Hall–Kier alpha value is -2.87. The maximum Gasteiger partial charge on any atom is 0.325 e. The number of thiophene rings is 1. The van der Waals surface area contributed by atoms with E-state index in [9.17, 15) is 14.4 Å². The number of amides is 4. The number of rotatable bonds is 4. The molecule has 1 aliphatic carbocycles. The van der Waals surface area contributed by atoms with Crippen molar-refractivity contribution in [1.29, 1.82) is 0 Å². The summed E-state index contributed by atoms with van der Waals surface area (Å²) in [5, 5.41) is 7.48. The lowest BCUT2D eigenvalue weighted by molar-refractivity contribution is -0.134. The maximum atomic E-state index is 13.1. The molecule has 1 atom stereocenters. The molecule has 2 aromatic rings. The van der Waals surface area contributed by atoms with Gasteiger partial charge in [0.25, 0.3) is 5.91 Å². The molecule has 2 N–H and O–H groups in total. The van der Waals surface area contributed by atoms with Crippen molar-refractivity contribution in [2.24, 2.45) is 0 Å². The van der Waals surface area contributed by atoms with Crippen LogP contribution >= 0.6 is 11.3 Å². The number of methoxy groups -OCH3 is 1. The fraction of sp³-hybridized carbons (Fsp3) is 0.316. The van der Waals surface area contributed by atoms with E-state index in [1.54, 1.807) is 35.6 Å².